The number of hydrogen-bond acceptors (Lipinski definition) is 3. The molecule has 1 aliphatic heterocycles. The Morgan fingerprint density at radius 1 is 1.32 bits per heavy atom. The van der Waals surface area contributed by atoms with Gasteiger partial charge in [-0.2, -0.15) is 5.10 Å². The normalized spacial score (nSPS) is 26.1. The summed E-state index contributed by atoms with van der Waals surface area (Å²) in [5.74, 6) is 0.615. The smallest absolute Gasteiger partial charge is 0.263 e. The van der Waals surface area contributed by atoms with E-state index in [1.807, 2.05) is 12.1 Å². The molecule has 1 unspecified atom stereocenters. The standard InChI is InChI=1S/C21H24F2N4O/c1-12(21(28)25-19-11-18(26-27-19)14-6-7-14)17-9-13-4-2-3-5-15(20(22)23)10-16(8-13)24-17/h3,5,9-14,20H,2,4,6-8H2,1H3,(H2,25,26,27,28)/b5-3-,15-10+/t12-,13?/m0/s1. The van der Waals surface area contributed by atoms with Crippen LogP contribution in [0, 0.1) is 11.8 Å². The van der Waals surface area contributed by atoms with E-state index < -0.39 is 12.3 Å². The number of halogens is 2. The molecule has 1 aromatic heterocycles. The maximum atomic E-state index is 13.2. The predicted octanol–water partition coefficient (Wildman–Crippen LogP) is 4.75. The van der Waals surface area contributed by atoms with Gasteiger partial charge in [0.25, 0.3) is 6.43 Å². The summed E-state index contributed by atoms with van der Waals surface area (Å²) < 4.78 is 26.4. The van der Waals surface area contributed by atoms with Crippen LogP contribution in [0.15, 0.2) is 46.6 Å². The van der Waals surface area contributed by atoms with E-state index in [-0.39, 0.29) is 17.4 Å². The van der Waals surface area contributed by atoms with Crippen molar-refractivity contribution in [3.63, 3.8) is 0 Å². The molecule has 0 aromatic carbocycles. The molecular formula is C21H24F2N4O. The van der Waals surface area contributed by atoms with E-state index in [2.05, 4.69) is 20.5 Å². The molecular weight excluding hydrogens is 362 g/mol. The molecule has 0 spiro atoms. The second-order valence-electron chi connectivity index (χ2n) is 7.78. The van der Waals surface area contributed by atoms with Crippen molar-refractivity contribution in [1.82, 2.24) is 10.2 Å². The molecule has 7 heteroatoms. The molecule has 5 nitrogen and oxygen atoms in total. The van der Waals surface area contributed by atoms with Crippen LogP contribution in [0.3, 0.4) is 0 Å². The minimum absolute atomic E-state index is 0.0252. The minimum atomic E-state index is -2.54. The van der Waals surface area contributed by atoms with Gasteiger partial charge < -0.3 is 5.32 Å². The van der Waals surface area contributed by atoms with Crippen LogP contribution < -0.4 is 5.32 Å². The first-order valence-electron chi connectivity index (χ1n) is 9.81. The zero-order chi connectivity index (χ0) is 19.7. The first-order valence-corrected chi connectivity index (χ1v) is 9.81. The van der Waals surface area contributed by atoms with Gasteiger partial charge in [0.05, 0.1) is 11.6 Å². The number of hydrogen-bond donors (Lipinski definition) is 2. The van der Waals surface area contributed by atoms with Crippen molar-refractivity contribution < 1.29 is 13.6 Å². The Hall–Kier alpha value is -2.57. The van der Waals surface area contributed by atoms with Crippen molar-refractivity contribution in [3.8, 4) is 0 Å². The highest BCUT2D eigenvalue weighted by atomic mass is 19.3. The molecule has 0 saturated heterocycles. The lowest BCUT2D eigenvalue weighted by molar-refractivity contribution is -0.118. The monoisotopic (exact) mass is 386 g/mol. The summed E-state index contributed by atoms with van der Waals surface area (Å²) in [6, 6.07) is 1.88. The van der Waals surface area contributed by atoms with Crippen LogP contribution in [-0.2, 0) is 4.79 Å². The van der Waals surface area contributed by atoms with Crippen molar-refractivity contribution >= 4 is 17.4 Å². The van der Waals surface area contributed by atoms with Gasteiger partial charge >= 0.3 is 0 Å². The van der Waals surface area contributed by atoms with E-state index in [0.29, 0.717) is 29.6 Å². The summed E-state index contributed by atoms with van der Waals surface area (Å²) in [5.41, 5.74) is 2.21. The third-order valence-electron chi connectivity index (χ3n) is 5.44. The molecule has 2 heterocycles. The van der Waals surface area contributed by atoms with Crippen LogP contribution in [0.4, 0.5) is 14.6 Å². The Labute approximate surface area is 162 Å². The summed E-state index contributed by atoms with van der Waals surface area (Å²) in [6.45, 7) is 1.79. The molecule has 4 rings (SSSR count). The van der Waals surface area contributed by atoms with E-state index in [4.69, 9.17) is 0 Å². The largest absolute Gasteiger partial charge is 0.311 e. The van der Waals surface area contributed by atoms with E-state index in [9.17, 15) is 13.6 Å². The average molecular weight is 386 g/mol. The Bertz CT molecular complexity index is 877. The van der Waals surface area contributed by atoms with Gasteiger partial charge in [-0.15, -0.1) is 0 Å². The van der Waals surface area contributed by atoms with Crippen molar-refractivity contribution in [3.05, 3.63) is 47.3 Å². The molecule has 0 radical (unpaired) electrons. The molecule has 1 amide bonds. The van der Waals surface area contributed by atoms with Gasteiger partial charge in [-0.1, -0.05) is 18.2 Å². The van der Waals surface area contributed by atoms with Gasteiger partial charge in [0.2, 0.25) is 5.91 Å². The fraction of sp³-hybridized carbons (Fsp3) is 0.476. The number of amides is 1. The van der Waals surface area contributed by atoms with Crippen LogP contribution in [0.5, 0.6) is 0 Å². The third kappa shape index (κ3) is 4.29. The van der Waals surface area contributed by atoms with Crippen LogP contribution in [0.25, 0.3) is 0 Å². The Morgan fingerprint density at radius 3 is 2.89 bits per heavy atom. The Kier molecular flexibility index (Phi) is 5.24. The molecule has 2 N–H and O–H groups in total. The number of anilines is 1. The number of nitrogens with zero attached hydrogens (tertiary/aromatic N) is 2. The molecule has 1 saturated carbocycles. The number of fused-ring (bicyclic) bond motifs is 2. The van der Waals surface area contributed by atoms with Gasteiger partial charge in [0.1, 0.15) is 5.82 Å². The first-order chi connectivity index (χ1) is 13.5. The van der Waals surface area contributed by atoms with Crippen LogP contribution in [-0.4, -0.2) is 28.2 Å². The summed E-state index contributed by atoms with van der Waals surface area (Å²) >= 11 is 0. The highest BCUT2D eigenvalue weighted by Crippen LogP contribution is 2.39. The van der Waals surface area contributed by atoms with Crippen molar-refractivity contribution in [2.75, 3.05) is 5.32 Å². The molecule has 2 atom stereocenters. The Morgan fingerprint density at radius 2 is 2.14 bits per heavy atom. The number of aliphatic imine (C=N–C) groups is 1. The maximum absolute atomic E-state index is 13.2. The molecule has 2 aliphatic carbocycles. The highest BCUT2D eigenvalue weighted by molar-refractivity contribution is 5.99. The number of H-pyrrole nitrogens is 1. The predicted molar refractivity (Wildman–Crippen MR) is 104 cm³/mol. The van der Waals surface area contributed by atoms with Gasteiger partial charge in [-0.3, -0.25) is 14.9 Å². The molecule has 148 valence electrons. The minimum Gasteiger partial charge on any atom is -0.311 e. The maximum Gasteiger partial charge on any atom is 0.263 e. The summed E-state index contributed by atoms with van der Waals surface area (Å²) in [4.78, 5) is 17.2. The number of allylic oxidation sites excluding steroid dienone is 5. The Balaban J connectivity index is 1.50. The molecule has 2 bridgehead atoms. The van der Waals surface area contributed by atoms with Crippen molar-refractivity contribution in [2.24, 2.45) is 16.8 Å². The van der Waals surface area contributed by atoms with E-state index in [1.165, 1.54) is 12.2 Å². The lowest BCUT2D eigenvalue weighted by Crippen LogP contribution is -2.24. The van der Waals surface area contributed by atoms with Gasteiger partial charge in [0, 0.05) is 29.0 Å². The number of rotatable bonds is 5. The van der Waals surface area contributed by atoms with E-state index >= 15 is 0 Å². The first kappa shape index (κ1) is 18.8. The quantitative estimate of drug-likeness (QED) is 0.767. The van der Waals surface area contributed by atoms with Crippen LogP contribution >= 0.6 is 0 Å². The fourth-order valence-electron chi connectivity index (χ4n) is 3.61. The average Bonchev–Trinajstić information content (AvgIpc) is 3.41. The van der Waals surface area contributed by atoms with Gasteiger partial charge in [-0.25, -0.2) is 8.78 Å². The van der Waals surface area contributed by atoms with Gasteiger partial charge in [0.15, 0.2) is 0 Å². The second kappa shape index (κ2) is 7.81. The number of alkyl halides is 2. The molecule has 1 aromatic rings. The fourth-order valence-corrected chi connectivity index (χ4v) is 3.61. The SMILES string of the molecule is C[C@H](C(=O)Nc1cc(C2CC2)n[nH]1)C1=CC2CC/C=C\C(C(F)F)=C/C(=N1)C2. The second-order valence-corrected chi connectivity index (χ2v) is 7.78. The molecule has 1 fully saturated rings. The lowest BCUT2D eigenvalue weighted by Gasteiger charge is -2.22. The zero-order valence-corrected chi connectivity index (χ0v) is 15.8. The summed E-state index contributed by atoms with van der Waals surface area (Å²) in [6.07, 6.45) is 8.71. The number of carbonyl (C=O) groups excluding carboxylic acids is 1. The van der Waals surface area contributed by atoms with Crippen LogP contribution in [0.1, 0.15) is 50.6 Å². The number of aromatic amines is 1. The third-order valence-corrected chi connectivity index (χ3v) is 5.44. The summed E-state index contributed by atoms with van der Waals surface area (Å²) in [7, 11) is 0. The van der Waals surface area contributed by atoms with Crippen molar-refractivity contribution in [2.45, 2.75) is 51.4 Å². The highest BCUT2D eigenvalue weighted by Gasteiger charge is 2.28. The van der Waals surface area contributed by atoms with E-state index in [0.717, 1.165) is 31.4 Å². The molecule has 3 aliphatic rings. The van der Waals surface area contributed by atoms with Crippen molar-refractivity contribution in [1.29, 1.82) is 0 Å². The van der Waals surface area contributed by atoms with Gasteiger partial charge in [-0.05, 0) is 51.0 Å². The van der Waals surface area contributed by atoms with Crippen LogP contribution in [0.2, 0.25) is 0 Å². The number of carbonyl (C=O) groups is 1. The number of aromatic nitrogens is 2. The topological polar surface area (TPSA) is 70.1 Å². The molecule has 28 heavy (non-hydrogen) atoms. The summed E-state index contributed by atoms with van der Waals surface area (Å²) in [5, 5.41) is 9.96. The number of nitrogens with one attached hydrogen (secondary N) is 2. The lowest BCUT2D eigenvalue weighted by atomic mass is 9.90. The van der Waals surface area contributed by atoms with E-state index in [1.54, 1.807) is 13.0 Å². The zero-order valence-electron chi connectivity index (χ0n) is 15.8.